The fourth-order valence-electron chi connectivity index (χ4n) is 6.24. The average Bonchev–Trinajstić information content (AvgIpc) is 3.48. The lowest BCUT2D eigenvalue weighted by atomic mass is 9.82. The minimum absolute atomic E-state index is 0.130. The van der Waals surface area contributed by atoms with E-state index in [1.54, 1.807) is 0 Å². The van der Waals surface area contributed by atoms with Crippen molar-refractivity contribution in [1.29, 1.82) is 0 Å². The Morgan fingerprint density at radius 2 is 1.27 bits per heavy atom. The number of furan rings is 1. The fraction of sp³-hybridized carbons (Fsp3) is 0.0811. The molecule has 190 valence electrons. The Morgan fingerprint density at radius 1 is 0.525 bits per heavy atom. The lowest BCUT2D eigenvalue weighted by Crippen LogP contribution is -2.14. The Bertz CT molecular complexity index is 2010. The van der Waals surface area contributed by atoms with Crippen LogP contribution in [0.2, 0.25) is 0 Å². The van der Waals surface area contributed by atoms with E-state index in [0.717, 1.165) is 55.7 Å². The first-order chi connectivity index (χ1) is 19.6. The second-order valence-corrected chi connectivity index (χ2v) is 11.1. The van der Waals surface area contributed by atoms with Crippen LogP contribution in [0.5, 0.6) is 0 Å². The van der Waals surface area contributed by atoms with E-state index in [4.69, 9.17) is 9.40 Å². The zero-order chi connectivity index (χ0) is 26.8. The van der Waals surface area contributed by atoms with Crippen molar-refractivity contribution in [3.63, 3.8) is 0 Å². The molecule has 0 bridgehead atoms. The van der Waals surface area contributed by atoms with Gasteiger partial charge in [0.2, 0.25) is 0 Å². The molecule has 3 nitrogen and oxygen atoms in total. The zero-order valence-corrected chi connectivity index (χ0v) is 22.3. The van der Waals surface area contributed by atoms with E-state index in [1.165, 1.54) is 22.3 Å². The Balaban J connectivity index is 1.34. The number of fused-ring (bicyclic) bond motifs is 6. The molecule has 1 aliphatic carbocycles. The Morgan fingerprint density at radius 3 is 2.10 bits per heavy atom. The van der Waals surface area contributed by atoms with Crippen LogP contribution in [0, 0.1) is 0 Å². The molecule has 0 saturated heterocycles. The van der Waals surface area contributed by atoms with Gasteiger partial charge in [0.05, 0.1) is 17.1 Å². The van der Waals surface area contributed by atoms with Crippen LogP contribution in [-0.2, 0) is 5.41 Å². The van der Waals surface area contributed by atoms with Gasteiger partial charge in [0, 0.05) is 39.1 Å². The molecule has 0 fully saturated rings. The van der Waals surface area contributed by atoms with Gasteiger partial charge in [-0.2, -0.15) is 0 Å². The minimum atomic E-state index is -0.130. The summed E-state index contributed by atoms with van der Waals surface area (Å²) in [5.41, 5.74) is 12.9. The van der Waals surface area contributed by atoms with E-state index < -0.39 is 0 Å². The molecule has 0 atom stereocenters. The van der Waals surface area contributed by atoms with Crippen LogP contribution in [0.15, 0.2) is 126 Å². The van der Waals surface area contributed by atoms with Crippen molar-refractivity contribution in [2.24, 2.45) is 0 Å². The number of benzene rings is 4. The molecule has 0 radical (unpaired) electrons. The van der Waals surface area contributed by atoms with Crippen molar-refractivity contribution in [2.75, 3.05) is 0 Å². The highest BCUT2D eigenvalue weighted by Crippen LogP contribution is 2.51. The van der Waals surface area contributed by atoms with Gasteiger partial charge in [-0.05, 0) is 70.8 Å². The molecule has 1 aliphatic rings. The number of hydrogen-bond donors (Lipinski definition) is 0. The van der Waals surface area contributed by atoms with Crippen LogP contribution in [0.25, 0.3) is 66.8 Å². The maximum absolute atomic E-state index is 6.26. The molecule has 40 heavy (non-hydrogen) atoms. The van der Waals surface area contributed by atoms with E-state index >= 15 is 0 Å². The highest BCUT2D eigenvalue weighted by molar-refractivity contribution is 6.07. The van der Waals surface area contributed by atoms with Gasteiger partial charge in [-0.3, -0.25) is 4.98 Å². The van der Waals surface area contributed by atoms with Gasteiger partial charge in [-0.1, -0.05) is 80.6 Å². The van der Waals surface area contributed by atoms with E-state index in [2.05, 4.69) is 104 Å². The monoisotopic (exact) mass is 514 g/mol. The van der Waals surface area contributed by atoms with E-state index in [1.807, 2.05) is 36.5 Å². The summed E-state index contributed by atoms with van der Waals surface area (Å²) < 4.78 is 6.26. The molecule has 3 heterocycles. The fourth-order valence-corrected chi connectivity index (χ4v) is 6.24. The summed E-state index contributed by atoms with van der Waals surface area (Å²) in [5, 5.41) is 2.31. The Hall–Kier alpha value is -5.02. The summed E-state index contributed by atoms with van der Waals surface area (Å²) in [6.45, 7) is 4.61. The number of para-hydroxylation sites is 1. The third-order valence-electron chi connectivity index (χ3n) is 8.32. The minimum Gasteiger partial charge on any atom is -0.456 e. The summed E-state index contributed by atoms with van der Waals surface area (Å²) in [7, 11) is 0. The van der Waals surface area contributed by atoms with Gasteiger partial charge >= 0.3 is 0 Å². The molecule has 8 rings (SSSR count). The number of pyridine rings is 2. The maximum Gasteiger partial charge on any atom is 0.135 e. The largest absolute Gasteiger partial charge is 0.456 e. The second-order valence-electron chi connectivity index (χ2n) is 11.1. The smallest absolute Gasteiger partial charge is 0.135 e. The quantitative estimate of drug-likeness (QED) is 0.236. The van der Waals surface area contributed by atoms with E-state index in [0.29, 0.717) is 0 Å². The van der Waals surface area contributed by atoms with Crippen molar-refractivity contribution in [3.05, 3.63) is 133 Å². The zero-order valence-electron chi connectivity index (χ0n) is 22.3. The number of aromatic nitrogens is 2. The van der Waals surface area contributed by atoms with Gasteiger partial charge < -0.3 is 4.42 Å². The van der Waals surface area contributed by atoms with E-state index in [9.17, 15) is 0 Å². The highest BCUT2D eigenvalue weighted by atomic mass is 16.3. The molecule has 0 saturated carbocycles. The lowest BCUT2D eigenvalue weighted by molar-refractivity contribution is 0.647. The topological polar surface area (TPSA) is 38.9 Å². The maximum atomic E-state index is 6.26. The first-order valence-corrected chi connectivity index (χ1v) is 13.7. The summed E-state index contributed by atoms with van der Waals surface area (Å²) in [6.07, 6.45) is 1.84. The van der Waals surface area contributed by atoms with Crippen molar-refractivity contribution < 1.29 is 4.42 Å². The predicted octanol–water partition coefficient (Wildman–Crippen LogP) is 9.68. The Labute approximate surface area is 232 Å². The SMILES string of the molecule is CC1(C)c2ccc(-c3cc(-c4ccccn4)cc(-c4ccccc4)n3)cc2-c2cc3c(cc21)oc1ccccc13. The molecule has 0 aliphatic heterocycles. The van der Waals surface area contributed by atoms with Crippen LogP contribution in [-0.4, -0.2) is 9.97 Å². The van der Waals surface area contributed by atoms with Gasteiger partial charge in [-0.15, -0.1) is 0 Å². The predicted molar refractivity (Wildman–Crippen MR) is 163 cm³/mol. The average molecular weight is 515 g/mol. The first kappa shape index (κ1) is 22.9. The number of hydrogen-bond acceptors (Lipinski definition) is 3. The van der Waals surface area contributed by atoms with Crippen LogP contribution in [0.4, 0.5) is 0 Å². The third-order valence-corrected chi connectivity index (χ3v) is 8.32. The van der Waals surface area contributed by atoms with E-state index in [-0.39, 0.29) is 5.41 Å². The Kier molecular flexibility index (Phi) is 4.86. The van der Waals surface area contributed by atoms with Gasteiger partial charge in [0.1, 0.15) is 11.2 Å². The summed E-state index contributed by atoms with van der Waals surface area (Å²) in [6, 6.07) is 40.3. The number of nitrogens with zero attached hydrogens (tertiary/aromatic N) is 2. The van der Waals surface area contributed by atoms with Crippen molar-refractivity contribution in [1.82, 2.24) is 9.97 Å². The van der Waals surface area contributed by atoms with Crippen molar-refractivity contribution in [3.8, 4) is 44.9 Å². The van der Waals surface area contributed by atoms with Gasteiger partial charge in [-0.25, -0.2) is 4.98 Å². The van der Waals surface area contributed by atoms with Crippen LogP contribution in [0.1, 0.15) is 25.0 Å². The van der Waals surface area contributed by atoms with Crippen molar-refractivity contribution >= 4 is 21.9 Å². The summed E-state index contributed by atoms with van der Waals surface area (Å²) >= 11 is 0. The molecule has 3 aromatic heterocycles. The standard InChI is InChI=1S/C37H26N2O/c1-37(2)30-16-15-24(18-27(30)28-21-29-26-12-6-7-14-35(26)40-36(29)22-31(28)37)34-20-25(32-13-8-9-17-38-32)19-33(39-34)23-10-4-3-5-11-23/h3-22H,1-2H3. The molecule has 0 amide bonds. The molecule has 3 heteroatoms. The second kappa shape index (κ2) is 8.49. The highest BCUT2D eigenvalue weighted by Gasteiger charge is 2.36. The first-order valence-electron chi connectivity index (χ1n) is 13.7. The van der Waals surface area contributed by atoms with Crippen LogP contribution < -0.4 is 0 Å². The lowest BCUT2D eigenvalue weighted by Gasteiger charge is -2.21. The van der Waals surface area contributed by atoms with Gasteiger partial charge in [0.25, 0.3) is 0 Å². The number of rotatable bonds is 3. The molecular weight excluding hydrogens is 488 g/mol. The molecule has 0 unspecified atom stereocenters. The molecule has 0 N–H and O–H groups in total. The van der Waals surface area contributed by atoms with Crippen molar-refractivity contribution in [2.45, 2.75) is 19.3 Å². The molecule has 7 aromatic rings. The summed E-state index contributed by atoms with van der Waals surface area (Å²) in [4.78, 5) is 9.79. The molecule has 0 spiro atoms. The molecular formula is C37H26N2O. The van der Waals surface area contributed by atoms with Crippen LogP contribution >= 0.6 is 0 Å². The summed E-state index contributed by atoms with van der Waals surface area (Å²) in [5.74, 6) is 0. The van der Waals surface area contributed by atoms with Crippen LogP contribution in [0.3, 0.4) is 0 Å². The normalized spacial score (nSPS) is 13.4. The van der Waals surface area contributed by atoms with Gasteiger partial charge in [0.15, 0.2) is 0 Å². The third kappa shape index (κ3) is 3.44. The molecule has 4 aromatic carbocycles.